The van der Waals surface area contributed by atoms with Gasteiger partial charge in [0.1, 0.15) is 0 Å². The van der Waals surface area contributed by atoms with Crippen LogP contribution in [0.15, 0.2) is 9.15 Å². The van der Waals surface area contributed by atoms with Crippen molar-refractivity contribution in [3.63, 3.8) is 0 Å². The first-order valence-corrected chi connectivity index (χ1v) is 1.27. The third-order valence-corrected chi connectivity index (χ3v) is 0.382. The molecule has 1 rings (SSSR count). The zero-order valence-electron chi connectivity index (χ0n) is 2.71. The van der Waals surface area contributed by atoms with Crippen LogP contribution in [0, 0.1) is 0 Å². The summed E-state index contributed by atoms with van der Waals surface area (Å²) in [6, 6.07) is 0. The molecule has 4 heteroatoms. The molecule has 0 saturated carbocycles. The lowest BCUT2D eigenvalue weighted by Crippen LogP contribution is -1.66. The van der Waals surface area contributed by atoms with Crippen molar-refractivity contribution >= 4 is 0 Å². The maximum Gasteiger partial charge on any atom is 0.414 e. The second-order valence-electron chi connectivity index (χ2n) is 0.777. The molecule has 1 aromatic heterocycles. The Labute approximate surface area is 32.5 Å². The van der Waals surface area contributed by atoms with E-state index in [1.807, 2.05) is 0 Å². The zero-order chi connectivity index (χ0) is 4.57. The number of aromatic hydroxyl groups is 2. The second-order valence-corrected chi connectivity index (χ2v) is 0.777. The van der Waals surface area contributed by atoms with Crippen molar-refractivity contribution in [2.45, 2.75) is 0 Å². The molecule has 6 heavy (non-hydrogen) atoms. The summed E-state index contributed by atoms with van der Waals surface area (Å²) in [6.07, 6.45) is 0. The van der Waals surface area contributed by atoms with Gasteiger partial charge in [-0.2, -0.15) is 0 Å². The molecule has 0 aromatic carbocycles. The fraction of sp³-hybridized carbons (Fsp3) is 0. The Balaban J connectivity index is 2.87. The minimum absolute atomic E-state index is 0.560. The molecule has 0 saturated heterocycles. The van der Waals surface area contributed by atoms with Crippen molar-refractivity contribution in [2.75, 3.05) is 0 Å². The van der Waals surface area contributed by atoms with Crippen molar-refractivity contribution in [1.29, 1.82) is 0 Å². The highest BCUT2D eigenvalue weighted by atomic mass is 17.0. The Hall–Kier alpha value is -1.06. The van der Waals surface area contributed by atoms with Gasteiger partial charge in [0, 0.05) is 0 Å². The Kier molecular flexibility index (Phi) is 0.370. The van der Waals surface area contributed by atoms with Crippen LogP contribution >= 0.6 is 0 Å². The maximum atomic E-state index is 8.00. The third-order valence-electron chi connectivity index (χ3n) is 0.382. The lowest BCUT2D eigenvalue weighted by atomic mass is 10.8. The second kappa shape index (κ2) is 0.707. The van der Waals surface area contributed by atoms with E-state index in [1.54, 1.807) is 0 Å². The standard InChI is InChI=1S/C2H2O4/c3-1-2(4)6-5-1/h3-4H. The molecule has 0 atom stereocenters. The molecule has 0 unspecified atom stereocenters. The summed E-state index contributed by atoms with van der Waals surface area (Å²) < 4.78 is 7.46. The van der Waals surface area contributed by atoms with E-state index in [9.17, 15) is 0 Å². The molecule has 0 amide bonds. The summed E-state index contributed by atoms with van der Waals surface area (Å²) in [5, 5.41) is 16.0. The smallest absolute Gasteiger partial charge is 0.414 e. The van der Waals surface area contributed by atoms with E-state index in [0.29, 0.717) is 0 Å². The van der Waals surface area contributed by atoms with Crippen LogP contribution in [-0.2, 0) is 0 Å². The van der Waals surface area contributed by atoms with E-state index >= 15 is 0 Å². The van der Waals surface area contributed by atoms with Crippen LogP contribution in [0.5, 0.6) is 11.9 Å². The van der Waals surface area contributed by atoms with Crippen molar-refractivity contribution in [2.24, 2.45) is 0 Å². The van der Waals surface area contributed by atoms with Crippen molar-refractivity contribution in [3.8, 4) is 11.9 Å². The van der Waals surface area contributed by atoms with Gasteiger partial charge in [-0.05, 0) is 0 Å². The van der Waals surface area contributed by atoms with E-state index in [-0.39, 0.29) is 0 Å². The molecule has 1 heterocycles. The quantitative estimate of drug-likeness (QED) is 0.449. The molecule has 2 N–H and O–H groups in total. The molecule has 0 fully saturated rings. The molecular formula is C2H2O4. The van der Waals surface area contributed by atoms with Crippen LogP contribution in [0.4, 0.5) is 0 Å². The van der Waals surface area contributed by atoms with Gasteiger partial charge >= 0.3 is 11.9 Å². The van der Waals surface area contributed by atoms with Gasteiger partial charge in [-0.1, -0.05) is 0 Å². The van der Waals surface area contributed by atoms with Crippen molar-refractivity contribution in [3.05, 3.63) is 0 Å². The molecule has 1 aromatic rings. The van der Waals surface area contributed by atoms with Gasteiger partial charge in [0.05, 0.1) is 0 Å². The van der Waals surface area contributed by atoms with Gasteiger partial charge < -0.3 is 10.2 Å². The van der Waals surface area contributed by atoms with Gasteiger partial charge in [0.15, 0.2) is 0 Å². The normalized spacial score (nSPS) is 9.33. The molecule has 0 spiro atoms. The zero-order valence-corrected chi connectivity index (χ0v) is 2.71. The van der Waals surface area contributed by atoms with E-state index in [1.165, 1.54) is 0 Å². The fourth-order valence-corrected chi connectivity index (χ4v) is 0.116. The molecule has 34 valence electrons. The Morgan fingerprint density at radius 2 is 1.33 bits per heavy atom. The Bertz CT molecular complexity index is 111. The first-order valence-electron chi connectivity index (χ1n) is 1.27. The van der Waals surface area contributed by atoms with Gasteiger partial charge in [0.2, 0.25) is 0 Å². The number of hydrogen-bond donors (Lipinski definition) is 2. The Morgan fingerprint density at radius 1 is 1.00 bits per heavy atom. The lowest BCUT2D eigenvalue weighted by Gasteiger charge is -1.90. The highest BCUT2D eigenvalue weighted by Crippen LogP contribution is 2.27. The summed E-state index contributed by atoms with van der Waals surface area (Å²) in [7, 11) is 0. The molecule has 0 radical (unpaired) electrons. The molecular weight excluding hydrogens is 88.0 g/mol. The van der Waals surface area contributed by atoms with Gasteiger partial charge in [-0.3, -0.25) is 0 Å². The van der Waals surface area contributed by atoms with Gasteiger partial charge in [0.25, 0.3) is 0 Å². The van der Waals surface area contributed by atoms with Crippen LogP contribution in [0.1, 0.15) is 0 Å². The minimum atomic E-state index is -0.560. The van der Waals surface area contributed by atoms with Crippen LogP contribution in [-0.4, -0.2) is 10.2 Å². The largest absolute Gasteiger partial charge is 0.473 e. The highest BCUT2D eigenvalue weighted by molar-refractivity contribution is 5.11. The summed E-state index contributed by atoms with van der Waals surface area (Å²) in [6.45, 7) is 0. The first kappa shape index (κ1) is 3.14. The average Bonchev–Trinajstić information content (AvgIpc) is 1.61. The number of rotatable bonds is 0. The summed E-state index contributed by atoms with van der Waals surface area (Å²) >= 11 is 0. The highest BCUT2D eigenvalue weighted by Gasteiger charge is 2.07. The van der Waals surface area contributed by atoms with Crippen molar-refractivity contribution < 1.29 is 19.4 Å². The summed E-state index contributed by atoms with van der Waals surface area (Å²) in [5.74, 6) is -1.12. The van der Waals surface area contributed by atoms with Crippen molar-refractivity contribution in [1.82, 2.24) is 0 Å². The first-order chi connectivity index (χ1) is 2.80. The molecule has 0 aliphatic heterocycles. The monoisotopic (exact) mass is 90.0 g/mol. The van der Waals surface area contributed by atoms with Crippen LogP contribution < -0.4 is 0 Å². The summed E-state index contributed by atoms with van der Waals surface area (Å²) in [4.78, 5) is 0. The summed E-state index contributed by atoms with van der Waals surface area (Å²) in [5.41, 5.74) is 0. The molecule has 0 aliphatic carbocycles. The maximum absolute atomic E-state index is 8.00. The van der Waals surface area contributed by atoms with Crippen LogP contribution in [0.25, 0.3) is 0 Å². The lowest BCUT2D eigenvalue weighted by molar-refractivity contribution is -0.0707. The molecule has 0 aliphatic rings. The minimum Gasteiger partial charge on any atom is -0.473 e. The topological polar surface area (TPSA) is 66.7 Å². The van der Waals surface area contributed by atoms with Crippen LogP contribution in [0.2, 0.25) is 0 Å². The third kappa shape index (κ3) is 0.176. The van der Waals surface area contributed by atoms with E-state index in [0.717, 1.165) is 0 Å². The predicted octanol–water partition coefficient (Wildman–Crippen LogP) is 0.284. The molecule has 4 nitrogen and oxygen atoms in total. The average molecular weight is 90.0 g/mol. The fourth-order valence-electron chi connectivity index (χ4n) is 0.116. The van der Waals surface area contributed by atoms with Gasteiger partial charge in [-0.25, -0.2) is 9.15 Å². The van der Waals surface area contributed by atoms with E-state index < -0.39 is 11.9 Å². The van der Waals surface area contributed by atoms with Crippen LogP contribution in [0.3, 0.4) is 0 Å². The Morgan fingerprint density at radius 3 is 1.33 bits per heavy atom. The SMILES string of the molecule is Oc1ooc1O. The predicted molar refractivity (Wildman–Crippen MR) is 14.3 cm³/mol. The van der Waals surface area contributed by atoms with E-state index in [4.69, 9.17) is 10.2 Å². The van der Waals surface area contributed by atoms with E-state index in [2.05, 4.69) is 9.15 Å². The van der Waals surface area contributed by atoms with Gasteiger partial charge in [-0.15, -0.1) is 0 Å². The number of hydrogen-bond acceptors (Lipinski definition) is 4. The molecule has 0 bridgehead atoms.